The number of aromatic nitrogens is 2. The first-order valence-electron chi connectivity index (χ1n) is 12.1. The van der Waals surface area contributed by atoms with Crippen molar-refractivity contribution in [2.24, 2.45) is 11.8 Å². The molecule has 1 saturated carbocycles. The lowest BCUT2D eigenvalue weighted by Crippen LogP contribution is -2.34. The highest BCUT2D eigenvalue weighted by Gasteiger charge is 2.36. The van der Waals surface area contributed by atoms with Crippen molar-refractivity contribution in [3.05, 3.63) is 41.5 Å². The van der Waals surface area contributed by atoms with Gasteiger partial charge < -0.3 is 10.1 Å². The Balaban J connectivity index is 1.71. The van der Waals surface area contributed by atoms with Gasteiger partial charge in [-0.2, -0.15) is 13.2 Å². The molecule has 11 heteroatoms. The van der Waals surface area contributed by atoms with Crippen LogP contribution >= 0.6 is 0 Å². The largest absolute Gasteiger partial charge is 0.495 e. The molecule has 1 N–H and O–H groups in total. The van der Waals surface area contributed by atoms with Crippen molar-refractivity contribution in [1.29, 1.82) is 0 Å². The molecule has 1 aliphatic carbocycles. The van der Waals surface area contributed by atoms with E-state index in [1.165, 1.54) is 13.4 Å². The van der Waals surface area contributed by atoms with Gasteiger partial charge in [0.2, 0.25) is 0 Å². The first kappa shape index (κ1) is 28.0. The van der Waals surface area contributed by atoms with E-state index >= 15 is 0 Å². The molecule has 0 radical (unpaired) electrons. The quantitative estimate of drug-likeness (QED) is 0.516. The van der Waals surface area contributed by atoms with Crippen LogP contribution in [-0.2, 0) is 22.7 Å². The van der Waals surface area contributed by atoms with Crippen molar-refractivity contribution in [2.75, 3.05) is 19.9 Å². The van der Waals surface area contributed by atoms with E-state index in [1.54, 1.807) is 29.0 Å². The van der Waals surface area contributed by atoms with Crippen molar-refractivity contribution in [2.45, 2.75) is 63.8 Å². The number of imidazole rings is 1. The molecule has 0 unspecified atom stereocenters. The van der Waals surface area contributed by atoms with Gasteiger partial charge in [-0.15, -0.1) is 0 Å². The van der Waals surface area contributed by atoms with Crippen LogP contribution in [0.25, 0.3) is 5.69 Å². The normalized spacial score (nSPS) is 19.6. The zero-order valence-electron chi connectivity index (χ0n) is 21.1. The topological polar surface area (TPSA) is 90.3 Å². The van der Waals surface area contributed by atoms with Gasteiger partial charge in [0.15, 0.2) is 0 Å². The molecule has 1 amide bonds. The molecule has 1 fully saturated rings. The third kappa shape index (κ3) is 6.80. The van der Waals surface area contributed by atoms with Gasteiger partial charge in [-0.05, 0) is 55.7 Å². The van der Waals surface area contributed by atoms with Gasteiger partial charge in [0.05, 0.1) is 24.0 Å². The lowest BCUT2D eigenvalue weighted by Gasteiger charge is -2.27. The maximum Gasteiger partial charge on any atom is 0.391 e. The molecular formula is C25H34F3N3O4S. The second-order valence-corrected chi connectivity index (χ2v) is 11.9. The fraction of sp³-hybridized carbons (Fsp3) is 0.600. The number of sulfone groups is 1. The Hall–Kier alpha value is -2.56. The number of amides is 1. The minimum absolute atomic E-state index is 0.162. The average molecular weight is 530 g/mol. The number of ether oxygens (including phenoxy) is 1. The summed E-state index contributed by atoms with van der Waals surface area (Å²) in [5, 5.41) is 2.61. The van der Waals surface area contributed by atoms with E-state index in [4.69, 9.17) is 4.74 Å². The molecule has 3 rings (SSSR count). The predicted molar refractivity (Wildman–Crippen MR) is 131 cm³/mol. The first-order valence-corrected chi connectivity index (χ1v) is 14.1. The minimum atomic E-state index is -4.28. The number of halogens is 3. The molecule has 7 nitrogen and oxygen atoms in total. The summed E-state index contributed by atoms with van der Waals surface area (Å²) in [6, 6.07) is 4.90. The van der Waals surface area contributed by atoms with E-state index in [1.807, 2.05) is 6.92 Å². The summed E-state index contributed by atoms with van der Waals surface area (Å²) >= 11 is 0. The highest BCUT2D eigenvalue weighted by Crippen LogP contribution is 2.32. The van der Waals surface area contributed by atoms with Gasteiger partial charge in [0.25, 0.3) is 5.91 Å². The van der Waals surface area contributed by atoms with Crippen molar-refractivity contribution < 1.29 is 31.1 Å². The Labute approximate surface area is 210 Å². The highest BCUT2D eigenvalue weighted by molar-refractivity contribution is 7.91. The smallest absolute Gasteiger partial charge is 0.391 e. The van der Waals surface area contributed by atoms with Crippen LogP contribution in [0.15, 0.2) is 24.4 Å². The molecule has 1 atom stereocenters. The van der Waals surface area contributed by atoms with Gasteiger partial charge in [0, 0.05) is 25.4 Å². The van der Waals surface area contributed by atoms with Crippen LogP contribution in [0.1, 0.15) is 61.4 Å². The lowest BCUT2D eigenvalue weighted by molar-refractivity contribution is -0.169. The molecule has 0 spiro atoms. The molecule has 200 valence electrons. The van der Waals surface area contributed by atoms with Crippen LogP contribution in [0.5, 0.6) is 5.75 Å². The van der Waals surface area contributed by atoms with E-state index in [0.717, 1.165) is 19.8 Å². The van der Waals surface area contributed by atoms with Gasteiger partial charge in [-0.3, -0.25) is 9.36 Å². The Morgan fingerprint density at radius 1 is 1.25 bits per heavy atom. The van der Waals surface area contributed by atoms with Crippen molar-refractivity contribution in [3.63, 3.8) is 0 Å². The van der Waals surface area contributed by atoms with Crippen LogP contribution in [-0.4, -0.2) is 55.2 Å². The maximum atomic E-state index is 13.0. The average Bonchev–Trinajstić information content (AvgIpc) is 3.26. The second-order valence-electron chi connectivity index (χ2n) is 9.60. The van der Waals surface area contributed by atoms with Crippen LogP contribution in [0, 0.1) is 11.8 Å². The zero-order valence-corrected chi connectivity index (χ0v) is 21.9. The first-order chi connectivity index (χ1) is 16.8. The number of nitrogens with one attached hydrogen (secondary N) is 1. The molecule has 1 aromatic carbocycles. The number of nitrogens with zero attached hydrogens (tertiary/aromatic N) is 2. The Morgan fingerprint density at radius 3 is 2.47 bits per heavy atom. The van der Waals surface area contributed by atoms with E-state index in [9.17, 15) is 26.4 Å². The number of carbonyl (C=O) groups excluding carboxylic acids is 1. The van der Waals surface area contributed by atoms with E-state index in [0.29, 0.717) is 48.6 Å². The van der Waals surface area contributed by atoms with Crippen LogP contribution in [0.4, 0.5) is 13.2 Å². The summed E-state index contributed by atoms with van der Waals surface area (Å²) in [5.74, 6) is -0.592. The van der Waals surface area contributed by atoms with Gasteiger partial charge in [-0.1, -0.05) is 19.9 Å². The molecule has 1 aromatic heterocycles. The second kappa shape index (κ2) is 11.2. The van der Waals surface area contributed by atoms with Gasteiger partial charge >= 0.3 is 6.18 Å². The molecule has 0 bridgehead atoms. The summed E-state index contributed by atoms with van der Waals surface area (Å²) in [4.78, 5) is 17.3. The van der Waals surface area contributed by atoms with Crippen molar-refractivity contribution in [1.82, 2.24) is 14.9 Å². The van der Waals surface area contributed by atoms with Crippen molar-refractivity contribution >= 4 is 15.7 Å². The number of rotatable bonds is 9. The Morgan fingerprint density at radius 2 is 1.92 bits per heavy atom. The lowest BCUT2D eigenvalue weighted by atomic mass is 9.89. The van der Waals surface area contributed by atoms with E-state index in [-0.39, 0.29) is 29.2 Å². The number of hydrogen-bond acceptors (Lipinski definition) is 5. The van der Waals surface area contributed by atoms with E-state index in [2.05, 4.69) is 10.3 Å². The third-order valence-electron chi connectivity index (χ3n) is 6.88. The molecule has 0 saturated heterocycles. The summed E-state index contributed by atoms with van der Waals surface area (Å²) in [6.45, 7) is 3.49. The molecule has 0 aliphatic heterocycles. The zero-order chi connectivity index (χ0) is 26.7. The fourth-order valence-corrected chi connectivity index (χ4v) is 5.72. The molecular weight excluding hydrogens is 495 g/mol. The molecule has 1 heterocycles. The van der Waals surface area contributed by atoms with Crippen LogP contribution in [0.2, 0.25) is 0 Å². The number of aryl methyl sites for hydroxylation is 1. The summed E-state index contributed by atoms with van der Waals surface area (Å²) in [5.41, 5.74) is 1.32. The van der Waals surface area contributed by atoms with Gasteiger partial charge in [0.1, 0.15) is 27.1 Å². The predicted octanol–water partition coefficient (Wildman–Crippen LogP) is 4.52. The number of alkyl halides is 3. The molecule has 1 aliphatic rings. The summed E-state index contributed by atoms with van der Waals surface area (Å²) < 4.78 is 69.6. The number of hydrogen-bond donors (Lipinski definition) is 1. The third-order valence-corrected chi connectivity index (χ3v) is 8.57. The van der Waals surface area contributed by atoms with Crippen molar-refractivity contribution in [3.8, 4) is 11.4 Å². The Kier molecular flexibility index (Phi) is 8.74. The SMILES string of the molecule is CCc1nc(C(=O)NCC2CCC(S(C)(=O)=O)CC2)cn1-c1ccc(C[C@@H](C)C(F)(F)F)cc1OC. The highest BCUT2D eigenvalue weighted by atomic mass is 32.2. The number of carbonyl (C=O) groups is 1. The summed E-state index contributed by atoms with van der Waals surface area (Å²) in [7, 11) is -1.59. The number of methoxy groups -OCH3 is 1. The minimum Gasteiger partial charge on any atom is -0.495 e. The standard InChI is InChI=1S/C25H34F3N3O4S/c1-5-23-30-20(24(32)29-14-17-6-9-19(10-7-17)36(4,33)34)15-31(23)21-11-8-18(13-22(21)35-3)12-16(2)25(26,27)28/h8,11,13,15-17,19H,5-7,9-10,12,14H2,1-4H3,(H,29,32)/t16-,17?,19?/m1/s1. The van der Waals surface area contributed by atoms with Crippen LogP contribution in [0.3, 0.4) is 0 Å². The van der Waals surface area contributed by atoms with Crippen LogP contribution < -0.4 is 10.1 Å². The maximum absolute atomic E-state index is 13.0. The fourth-order valence-electron chi connectivity index (χ4n) is 4.59. The monoisotopic (exact) mass is 529 g/mol. The van der Waals surface area contributed by atoms with Gasteiger partial charge in [-0.25, -0.2) is 13.4 Å². The molecule has 36 heavy (non-hydrogen) atoms. The summed E-state index contributed by atoms with van der Waals surface area (Å²) in [6.07, 6.45) is 1.64. The molecule has 2 aromatic rings. The number of benzene rings is 1. The Bertz CT molecular complexity index is 1170. The van der Waals surface area contributed by atoms with E-state index < -0.39 is 21.9 Å².